The molecule has 0 fully saturated rings. The van der Waals surface area contributed by atoms with Crippen molar-refractivity contribution >= 4 is 0 Å². The SMILES string of the molecule is c1cc(CCNCc2ccoc2)ccn1. The molecule has 2 aromatic rings. The predicted octanol–water partition coefficient (Wildman–Crippen LogP) is 2.01. The molecule has 0 aliphatic rings. The zero-order valence-corrected chi connectivity index (χ0v) is 8.52. The van der Waals surface area contributed by atoms with E-state index in [-0.39, 0.29) is 0 Å². The van der Waals surface area contributed by atoms with Crippen LogP contribution < -0.4 is 5.32 Å². The van der Waals surface area contributed by atoms with Crippen LogP contribution in [0.3, 0.4) is 0 Å². The van der Waals surface area contributed by atoms with Gasteiger partial charge in [0.2, 0.25) is 0 Å². The van der Waals surface area contributed by atoms with Crippen LogP contribution in [0.15, 0.2) is 47.5 Å². The first-order chi connectivity index (χ1) is 7.45. The van der Waals surface area contributed by atoms with Gasteiger partial charge in [-0.15, -0.1) is 0 Å². The third-order valence-corrected chi connectivity index (χ3v) is 2.25. The normalized spacial score (nSPS) is 10.4. The van der Waals surface area contributed by atoms with Crippen molar-refractivity contribution in [3.8, 4) is 0 Å². The fourth-order valence-corrected chi connectivity index (χ4v) is 1.41. The van der Waals surface area contributed by atoms with Crippen molar-refractivity contribution in [1.29, 1.82) is 0 Å². The fourth-order valence-electron chi connectivity index (χ4n) is 1.41. The standard InChI is InChI=1S/C12H14N2O/c1-5-13-6-2-11(1)3-7-14-9-12-4-8-15-10-12/h1-2,4-6,8,10,14H,3,7,9H2. The molecule has 0 atom stereocenters. The van der Waals surface area contributed by atoms with Gasteiger partial charge in [0.15, 0.2) is 0 Å². The van der Waals surface area contributed by atoms with Gasteiger partial charge >= 0.3 is 0 Å². The maximum Gasteiger partial charge on any atom is 0.0947 e. The predicted molar refractivity (Wildman–Crippen MR) is 58.4 cm³/mol. The summed E-state index contributed by atoms with van der Waals surface area (Å²) in [4.78, 5) is 3.98. The Hall–Kier alpha value is -1.61. The molecule has 2 rings (SSSR count). The Morgan fingerprint density at radius 2 is 2.00 bits per heavy atom. The van der Waals surface area contributed by atoms with Crippen molar-refractivity contribution in [3.05, 3.63) is 54.2 Å². The number of furan rings is 1. The zero-order valence-electron chi connectivity index (χ0n) is 8.52. The zero-order chi connectivity index (χ0) is 10.3. The summed E-state index contributed by atoms with van der Waals surface area (Å²) in [6.45, 7) is 1.83. The Balaban J connectivity index is 1.68. The number of aromatic nitrogens is 1. The van der Waals surface area contributed by atoms with Crippen molar-refractivity contribution in [2.24, 2.45) is 0 Å². The van der Waals surface area contributed by atoms with E-state index >= 15 is 0 Å². The average Bonchev–Trinajstić information content (AvgIpc) is 2.79. The largest absolute Gasteiger partial charge is 0.472 e. The third kappa shape index (κ3) is 3.22. The van der Waals surface area contributed by atoms with Crippen molar-refractivity contribution in [2.75, 3.05) is 6.54 Å². The van der Waals surface area contributed by atoms with E-state index in [4.69, 9.17) is 4.42 Å². The first kappa shape index (κ1) is 9.93. The molecule has 0 unspecified atom stereocenters. The summed E-state index contributed by atoms with van der Waals surface area (Å²) in [6.07, 6.45) is 8.14. The van der Waals surface area contributed by atoms with Gasteiger partial charge in [0, 0.05) is 24.5 Å². The minimum absolute atomic E-state index is 0.863. The maximum absolute atomic E-state index is 4.98. The number of nitrogens with zero attached hydrogens (tertiary/aromatic N) is 1. The molecule has 0 aromatic carbocycles. The Labute approximate surface area is 89.1 Å². The van der Waals surface area contributed by atoms with Crippen LogP contribution in [0.4, 0.5) is 0 Å². The molecule has 0 saturated heterocycles. The van der Waals surface area contributed by atoms with Crippen LogP contribution in [0.2, 0.25) is 0 Å². The Bertz CT molecular complexity index is 370. The second kappa shape index (κ2) is 5.32. The number of rotatable bonds is 5. The second-order valence-electron chi connectivity index (χ2n) is 3.41. The number of pyridine rings is 1. The summed E-state index contributed by atoms with van der Waals surface area (Å²) in [5, 5.41) is 3.36. The van der Waals surface area contributed by atoms with Gasteiger partial charge in [-0.05, 0) is 36.7 Å². The van der Waals surface area contributed by atoms with Gasteiger partial charge in [-0.25, -0.2) is 0 Å². The monoisotopic (exact) mass is 202 g/mol. The van der Waals surface area contributed by atoms with E-state index in [9.17, 15) is 0 Å². The number of nitrogens with one attached hydrogen (secondary N) is 1. The average molecular weight is 202 g/mol. The third-order valence-electron chi connectivity index (χ3n) is 2.25. The molecule has 0 spiro atoms. The van der Waals surface area contributed by atoms with Crippen molar-refractivity contribution in [3.63, 3.8) is 0 Å². The van der Waals surface area contributed by atoms with Gasteiger partial charge in [0.1, 0.15) is 0 Å². The van der Waals surface area contributed by atoms with Gasteiger partial charge in [-0.3, -0.25) is 4.98 Å². The van der Waals surface area contributed by atoms with Crippen LogP contribution in [0.5, 0.6) is 0 Å². The molecule has 3 nitrogen and oxygen atoms in total. The Kier molecular flexibility index (Phi) is 3.52. The lowest BCUT2D eigenvalue weighted by molar-refractivity contribution is 0.560. The van der Waals surface area contributed by atoms with E-state index in [2.05, 4.69) is 10.3 Å². The highest BCUT2D eigenvalue weighted by atomic mass is 16.3. The molecule has 0 saturated carbocycles. The first-order valence-electron chi connectivity index (χ1n) is 5.06. The highest BCUT2D eigenvalue weighted by Crippen LogP contribution is 1.99. The fraction of sp³-hybridized carbons (Fsp3) is 0.250. The van der Waals surface area contributed by atoms with E-state index < -0.39 is 0 Å². The summed E-state index contributed by atoms with van der Waals surface area (Å²) < 4.78 is 4.98. The van der Waals surface area contributed by atoms with Gasteiger partial charge < -0.3 is 9.73 Å². The summed E-state index contributed by atoms with van der Waals surface area (Å²) >= 11 is 0. The van der Waals surface area contributed by atoms with Crippen LogP contribution in [-0.4, -0.2) is 11.5 Å². The minimum atomic E-state index is 0.863. The molecular weight excluding hydrogens is 188 g/mol. The molecule has 2 aromatic heterocycles. The van der Waals surface area contributed by atoms with E-state index in [1.165, 1.54) is 11.1 Å². The van der Waals surface area contributed by atoms with E-state index in [1.54, 1.807) is 12.5 Å². The highest BCUT2D eigenvalue weighted by Gasteiger charge is 1.94. The minimum Gasteiger partial charge on any atom is -0.472 e. The summed E-state index contributed by atoms with van der Waals surface area (Å²) in [7, 11) is 0. The molecule has 0 bridgehead atoms. The number of hydrogen-bond acceptors (Lipinski definition) is 3. The van der Waals surface area contributed by atoms with E-state index in [1.807, 2.05) is 30.6 Å². The van der Waals surface area contributed by atoms with Gasteiger partial charge in [-0.2, -0.15) is 0 Å². The van der Waals surface area contributed by atoms with Crippen molar-refractivity contribution in [2.45, 2.75) is 13.0 Å². The lowest BCUT2D eigenvalue weighted by atomic mass is 10.2. The Morgan fingerprint density at radius 3 is 2.73 bits per heavy atom. The quantitative estimate of drug-likeness (QED) is 0.754. The molecule has 1 N–H and O–H groups in total. The molecule has 15 heavy (non-hydrogen) atoms. The molecule has 2 heterocycles. The van der Waals surface area contributed by atoms with Crippen LogP contribution in [0.25, 0.3) is 0 Å². The van der Waals surface area contributed by atoms with E-state index in [0.29, 0.717) is 0 Å². The summed E-state index contributed by atoms with van der Waals surface area (Å²) in [6, 6.07) is 6.05. The Morgan fingerprint density at radius 1 is 1.13 bits per heavy atom. The lowest BCUT2D eigenvalue weighted by Gasteiger charge is -2.02. The van der Waals surface area contributed by atoms with Crippen molar-refractivity contribution in [1.82, 2.24) is 10.3 Å². The molecule has 0 aliphatic carbocycles. The van der Waals surface area contributed by atoms with Crippen LogP contribution in [0, 0.1) is 0 Å². The first-order valence-corrected chi connectivity index (χ1v) is 5.06. The summed E-state index contributed by atoms with van der Waals surface area (Å²) in [5.74, 6) is 0. The van der Waals surface area contributed by atoms with Gasteiger partial charge in [-0.1, -0.05) is 0 Å². The maximum atomic E-state index is 4.98. The van der Waals surface area contributed by atoms with Crippen molar-refractivity contribution < 1.29 is 4.42 Å². The van der Waals surface area contributed by atoms with Gasteiger partial charge in [0.25, 0.3) is 0 Å². The molecule has 0 radical (unpaired) electrons. The van der Waals surface area contributed by atoms with Crippen LogP contribution in [0.1, 0.15) is 11.1 Å². The van der Waals surface area contributed by atoms with Gasteiger partial charge in [0.05, 0.1) is 12.5 Å². The molecule has 0 amide bonds. The smallest absolute Gasteiger partial charge is 0.0947 e. The molecule has 0 aliphatic heterocycles. The van der Waals surface area contributed by atoms with E-state index in [0.717, 1.165) is 19.5 Å². The highest BCUT2D eigenvalue weighted by molar-refractivity contribution is 5.10. The molecule has 3 heteroatoms. The second-order valence-corrected chi connectivity index (χ2v) is 3.41. The molecule has 78 valence electrons. The lowest BCUT2D eigenvalue weighted by Crippen LogP contribution is -2.16. The molecular formula is C12H14N2O. The number of hydrogen-bond donors (Lipinski definition) is 1. The van der Waals surface area contributed by atoms with Crippen LogP contribution in [-0.2, 0) is 13.0 Å². The summed E-state index contributed by atoms with van der Waals surface area (Å²) in [5.41, 5.74) is 2.49. The van der Waals surface area contributed by atoms with Crippen LogP contribution >= 0.6 is 0 Å². The topological polar surface area (TPSA) is 38.1 Å².